The molecule has 3 aromatic rings. The van der Waals surface area contributed by atoms with E-state index in [0.29, 0.717) is 25.1 Å². The van der Waals surface area contributed by atoms with Crippen LogP contribution >= 0.6 is 23.1 Å². The molecule has 1 N–H and O–H groups in total. The van der Waals surface area contributed by atoms with Crippen LogP contribution in [0.2, 0.25) is 0 Å². The first kappa shape index (κ1) is 21.2. The van der Waals surface area contributed by atoms with Gasteiger partial charge in [-0.15, -0.1) is 11.3 Å². The first-order chi connectivity index (χ1) is 14.4. The lowest BCUT2D eigenvalue weighted by atomic mass is 9.98. The van der Waals surface area contributed by atoms with E-state index >= 15 is 0 Å². The van der Waals surface area contributed by atoms with Crippen molar-refractivity contribution in [3.05, 3.63) is 48.3 Å². The Bertz CT molecular complexity index is 1180. The minimum atomic E-state index is -3.77. The van der Waals surface area contributed by atoms with E-state index in [1.165, 1.54) is 16.4 Å². The van der Waals surface area contributed by atoms with Gasteiger partial charge in [-0.25, -0.2) is 17.8 Å². The van der Waals surface area contributed by atoms with E-state index in [9.17, 15) is 17.6 Å². The smallest absolute Gasteiger partial charge is 0.243 e. The van der Waals surface area contributed by atoms with Gasteiger partial charge in [0.15, 0.2) is 4.34 Å². The summed E-state index contributed by atoms with van der Waals surface area (Å²) in [5, 5.41) is 2.91. The van der Waals surface area contributed by atoms with E-state index < -0.39 is 21.8 Å². The zero-order chi connectivity index (χ0) is 21.3. The van der Waals surface area contributed by atoms with Crippen molar-refractivity contribution >= 4 is 54.9 Å². The molecule has 158 valence electrons. The molecule has 2 heterocycles. The fraction of sp³-hybridized carbons (Fsp3) is 0.300. The van der Waals surface area contributed by atoms with Crippen molar-refractivity contribution in [2.24, 2.45) is 5.92 Å². The number of hydrogen-bond acceptors (Lipinski definition) is 6. The molecule has 10 heteroatoms. The number of aromatic nitrogens is 1. The van der Waals surface area contributed by atoms with Crippen molar-refractivity contribution in [1.29, 1.82) is 0 Å². The molecule has 1 atom stereocenters. The molecule has 1 unspecified atom stereocenters. The van der Waals surface area contributed by atoms with Crippen LogP contribution in [0.5, 0.6) is 0 Å². The molecular weight excluding hydrogens is 445 g/mol. The Kier molecular flexibility index (Phi) is 6.10. The summed E-state index contributed by atoms with van der Waals surface area (Å²) in [6.45, 7) is 0.443. The Labute approximate surface area is 182 Å². The van der Waals surface area contributed by atoms with Gasteiger partial charge >= 0.3 is 0 Å². The largest absolute Gasteiger partial charge is 0.326 e. The predicted octanol–water partition coefficient (Wildman–Crippen LogP) is 4.20. The maximum atomic E-state index is 13.1. The summed E-state index contributed by atoms with van der Waals surface area (Å²) in [5.74, 6) is -1.15. The molecule has 1 aromatic heterocycles. The zero-order valence-corrected chi connectivity index (χ0v) is 18.6. The molecule has 1 amide bonds. The van der Waals surface area contributed by atoms with Crippen LogP contribution in [0.1, 0.15) is 12.8 Å². The van der Waals surface area contributed by atoms with E-state index in [1.807, 2.05) is 18.4 Å². The summed E-state index contributed by atoms with van der Waals surface area (Å²) >= 11 is 3.14. The summed E-state index contributed by atoms with van der Waals surface area (Å²) < 4.78 is 42.1. The normalized spacial score (nSPS) is 17.9. The van der Waals surface area contributed by atoms with Gasteiger partial charge in [-0.3, -0.25) is 4.79 Å². The van der Waals surface area contributed by atoms with Crippen molar-refractivity contribution in [3.63, 3.8) is 0 Å². The number of carbonyl (C=O) groups is 1. The van der Waals surface area contributed by atoms with Crippen molar-refractivity contribution in [2.75, 3.05) is 24.7 Å². The minimum absolute atomic E-state index is 0.0326. The molecule has 1 aliphatic heterocycles. The number of benzene rings is 2. The van der Waals surface area contributed by atoms with Gasteiger partial charge in [-0.2, -0.15) is 4.31 Å². The van der Waals surface area contributed by atoms with Gasteiger partial charge in [0.25, 0.3) is 0 Å². The number of carbonyl (C=O) groups excluding carboxylic acids is 1. The number of nitrogens with zero attached hydrogens (tertiary/aromatic N) is 2. The van der Waals surface area contributed by atoms with E-state index in [2.05, 4.69) is 10.3 Å². The van der Waals surface area contributed by atoms with Crippen LogP contribution in [-0.4, -0.2) is 43.0 Å². The first-order valence-corrected chi connectivity index (χ1v) is 12.9. The summed E-state index contributed by atoms with van der Waals surface area (Å²) in [5.41, 5.74) is 1.55. The number of piperidine rings is 1. The van der Waals surface area contributed by atoms with Crippen LogP contribution < -0.4 is 5.32 Å². The lowest BCUT2D eigenvalue weighted by Crippen LogP contribution is -2.43. The second-order valence-electron chi connectivity index (χ2n) is 7.01. The summed E-state index contributed by atoms with van der Waals surface area (Å²) in [6.07, 6.45) is 3.17. The lowest BCUT2D eigenvalue weighted by Gasteiger charge is -2.31. The third kappa shape index (κ3) is 4.36. The third-order valence-corrected chi connectivity index (χ3v) is 8.90. The molecule has 1 aliphatic rings. The number of halogens is 1. The number of thiazole rings is 1. The monoisotopic (exact) mass is 465 g/mol. The highest BCUT2D eigenvalue weighted by atomic mass is 32.2. The van der Waals surface area contributed by atoms with Crippen molar-refractivity contribution < 1.29 is 17.6 Å². The van der Waals surface area contributed by atoms with Crippen LogP contribution in [0.25, 0.3) is 10.2 Å². The number of hydrogen-bond donors (Lipinski definition) is 1. The molecule has 0 aliphatic carbocycles. The minimum Gasteiger partial charge on any atom is -0.326 e. The molecule has 0 radical (unpaired) electrons. The second-order valence-corrected chi connectivity index (χ2v) is 11.0. The topological polar surface area (TPSA) is 79.4 Å². The van der Waals surface area contributed by atoms with Crippen LogP contribution in [0.3, 0.4) is 0 Å². The van der Waals surface area contributed by atoms with Gasteiger partial charge in [-0.05, 0) is 61.6 Å². The Hall–Kier alpha value is -2.01. The molecule has 0 saturated carbocycles. The van der Waals surface area contributed by atoms with Crippen molar-refractivity contribution in [2.45, 2.75) is 22.1 Å². The zero-order valence-electron chi connectivity index (χ0n) is 16.2. The van der Waals surface area contributed by atoms with E-state index in [0.717, 1.165) is 26.7 Å². The Morgan fingerprint density at radius 2 is 2.03 bits per heavy atom. The molecule has 0 bridgehead atoms. The molecule has 1 saturated heterocycles. The van der Waals surface area contributed by atoms with Crippen molar-refractivity contribution in [3.8, 4) is 0 Å². The van der Waals surface area contributed by atoms with E-state index in [-0.39, 0.29) is 17.3 Å². The molecule has 1 fully saturated rings. The van der Waals surface area contributed by atoms with Gasteiger partial charge in [0.1, 0.15) is 5.82 Å². The quantitative estimate of drug-likeness (QED) is 0.572. The summed E-state index contributed by atoms with van der Waals surface area (Å²) in [7, 11) is -3.77. The van der Waals surface area contributed by atoms with E-state index in [4.69, 9.17) is 0 Å². The summed E-state index contributed by atoms with van der Waals surface area (Å²) in [4.78, 5) is 17.3. The average Bonchev–Trinajstić information content (AvgIpc) is 3.16. The van der Waals surface area contributed by atoms with Gasteiger partial charge in [0.05, 0.1) is 21.0 Å². The van der Waals surface area contributed by atoms with Gasteiger partial charge < -0.3 is 5.32 Å². The van der Waals surface area contributed by atoms with Gasteiger partial charge in [0.2, 0.25) is 15.9 Å². The Morgan fingerprint density at radius 3 is 2.77 bits per heavy atom. The average molecular weight is 466 g/mol. The fourth-order valence-corrected chi connectivity index (χ4v) is 6.50. The van der Waals surface area contributed by atoms with Gasteiger partial charge in [0, 0.05) is 18.8 Å². The van der Waals surface area contributed by atoms with E-state index in [1.54, 1.807) is 29.2 Å². The number of thioether (sulfide) groups is 1. The number of rotatable bonds is 5. The Balaban J connectivity index is 1.47. The molecule has 0 spiro atoms. The third-order valence-electron chi connectivity index (χ3n) is 5.02. The molecule has 6 nitrogen and oxygen atoms in total. The van der Waals surface area contributed by atoms with Crippen LogP contribution in [0, 0.1) is 11.7 Å². The summed E-state index contributed by atoms with van der Waals surface area (Å²) in [6, 6.07) is 10.3. The van der Waals surface area contributed by atoms with Crippen LogP contribution in [0.4, 0.5) is 10.1 Å². The first-order valence-electron chi connectivity index (χ1n) is 9.38. The SMILES string of the molecule is CSc1nc2ccc(NC(=O)C3CCCN(S(=O)(=O)c4ccc(F)cc4)C3)cc2s1. The van der Waals surface area contributed by atoms with Crippen molar-refractivity contribution in [1.82, 2.24) is 9.29 Å². The maximum absolute atomic E-state index is 13.1. The number of sulfonamides is 1. The van der Waals surface area contributed by atoms with Crippen LogP contribution in [-0.2, 0) is 14.8 Å². The number of fused-ring (bicyclic) bond motifs is 1. The highest BCUT2D eigenvalue weighted by Crippen LogP contribution is 2.30. The Morgan fingerprint density at radius 1 is 1.27 bits per heavy atom. The van der Waals surface area contributed by atoms with Gasteiger partial charge in [-0.1, -0.05) is 11.8 Å². The standard InChI is InChI=1S/C20H20FN3O3S3/c1-28-20-23-17-9-6-15(11-18(17)29-20)22-19(25)13-3-2-10-24(12-13)30(26,27)16-7-4-14(21)5-8-16/h4-9,11,13H,2-3,10,12H2,1H3,(H,22,25). The number of anilines is 1. The fourth-order valence-electron chi connectivity index (χ4n) is 3.44. The highest BCUT2D eigenvalue weighted by molar-refractivity contribution is 8.00. The predicted molar refractivity (Wildman–Crippen MR) is 118 cm³/mol. The number of amides is 1. The molecule has 30 heavy (non-hydrogen) atoms. The highest BCUT2D eigenvalue weighted by Gasteiger charge is 2.33. The lowest BCUT2D eigenvalue weighted by molar-refractivity contribution is -0.120. The number of nitrogens with one attached hydrogen (secondary N) is 1. The molecular formula is C20H20FN3O3S3. The maximum Gasteiger partial charge on any atom is 0.243 e. The molecule has 4 rings (SSSR count). The van der Waals surface area contributed by atoms with Crippen LogP contribution in [0.15, 0.2) is 51.7 Å². The second kappa shape index (κ2) is 8.62. The molecule has 2 aromatic carbocycles.